The molecule has 0 saturated carbocycles. The summed E-state index contributed by atoms with van der Waals surface area (Å²) in [5, 5.41) is 11.4. The lowest BCUT2D eigenvalue weighted by molar-refractivity contribution is -0.123. The number of aromatic nitrogens is 2. The molecule has 0 aliphatic rings. The lowest BCUT2D eigenvalue weighted by Gasteiger charge is -2.07. The number of amides is 1. The SMILES string of the molecule is N#Cc1ccc(OCC(=O)NCCn2ccnc2)cc1. The summed E-state index contributed by atoms with van der Waals surface area (Å²) in [5.41, 5.74) is 0.558. The van der Waals surface area contributed by atoms with Gasteiger partial charge < -0.3 is 14.6 Å². The van der Waals surface area contributed by atoms with Crippen LogP contribution in [0.3, 0.4) is 0 Å². The maximum Gasteiger partial charge on any atom is 0.258 e. The molecule has 1 N–H and O–H groups in total. The molecule has 20 heavy (non-hydrogen) atoms. The Bertz CT molecular complexity index is 585. The molecule has 0 bridgehead atoms. The lowest BCUT2D eigenvalue weighted by atomic mass is 10.2. The summed E-state index contributed by atoms with van der Waals surface area (Å²) in [6.07, 6.45) is 5.22. The average molecular weight is 270 g/mol. The smallest absolute Gasteiger partial charge is 0.258 e. The minimum Gasteiger partial charge on any atom is -0.484 e. The van der Waals surface area contributed by atoms with Gasteiger partial charge in [-0.1, -0.05) is 0 Å². The van der Waals surface area contributed by atoms with Crippen molar-refractivity contribution in [2.75, 3.05) is 13.2 Å². The van der Waals surface area contributed by atoms with Crippen molar-refractivity contribution in [3.63, 3.8) is 0 Å². The Morgan fingerprint density at radius 3 is 2.85 bits per heavy atom. The number of hydrogen-bond donors (Lipinski definition) is 1. The van der Waals surface area contributed by atoms with Gasteiger partial charge >= 0.3 is 0 Å². The largest absolute Gasteiger partial charge is 0.484 e. The van der Waals surface area contributed by atoms with Gasteiger partial charge in [0.05, 0.1) is 18.0 Å². The fraction of sp³-hybridized carbons (Fsp3) is 0.214. The number of nitrogens with one attached hydrogen (secondary N) is 1. The molecule has 2 aromatic rings. The minimum absolute atomic E-state index is 0.0458. The Morgan fingerprint density at radius 1 is 1.40 bits per heavy atom. The van der Waals surface area contributed by atoms with Crippen LogP contribution in [0.25, 0.3) is 0 Å². The van der Waals surface area contributed by atoms with Crippen LogP contribution >= 0.6 is 0 Å². The van der Waals surface area contributed by atoms with Crippen LogP contribution in [0.1, 0.15) is 5.56 Å². The Morgan fingerprint density at radius 2 is 2.20 bits per heavy atom. The number of rotatable bonds is 6. The van der Waals surface area contributed by atoms with E-state index in [-0.39, 0.29) is 12.5 Å². The summed E-state index contributed by atoms with van der Waals surface area (Å²) in [6, 6.07) is 8.64. The van der Waals surface area contributed by atoms with Crippen molar-refractivity contribution in [2.45, 2.75) is 6.54 Å². The fourth-order valence-electron chi connectivity index (χ4n) is 1.57. The topological polar surface area (TPSA) is 79.9 Å². The second-order valence-electron chi connectivity index (χ2n) is 4.08. The molecule has 0 radical (unpaired) electrons. The standard InChI is InChI=1S/C14H14N4O2/c15-9-12-1-3-13(4-2-12)20-10-14(19)17-6-8-18-7-5-16-11-18/h1-5,7,11H,6,8,10H2,(H,17,19). The molecule has 6 heteroatoms. The third-order valence-corrected chi connectivity index (χ3v) is 2.60. The van der Waals surface area contributed by atoms with Gasteiger partial charge in [-0.3, -0.25) is 4.79 Å². The first-order valence-electron chi connectivity index (χ1n) is 6.13. The molecule has 102 valence electrons. The molecule has 0 aliphatic heterocycles. The van der Waals surface area contributed by atoms with Crippen molar-refractivity contribution in [1.82, 2.24) is 14.9 Å². The van der Waals surface area contributed by atoms with E-state index in [2.05, 4.69) is 10.3 Å². The Kier molecular flexibility index (Phi) is 4.73. The van der Waals surface area contributed by atoms with E-state index in [0.717, 1.165) is 0 Å². The normalized spacial score (nSPS) is 9.75. The second kappa shape index (κ2) is 6.95. The van der Waals surface area contributed by atoms with Crippen molar-refractivity contribution in [2.24, 2.45) is 0 Å². The molecule has 1 amide bonds. The number of carbonyl (C=O) groups is 1. The van der Waals surface area contributed by atoms with Gasteiger partial charge in [0.15, 0.2) is 6.61 Å². The number of ether oxygens (including phenoxy) is 1. The summed E-state index contributed by atoms with van der Waals surface area (Å²) < 4.78 is 7.19. The summed E-state index contributed by atoms with van der Waals surface area (Å²) >= 11 is 0. The zero-order chi connectivity index (χ0) is 14.2. The molecule has 0 atom stereocenters. The Balaban J connectivity index is 1.68. The molecule has 0 unspecified atom stereocenters. The van der Waals surface area contributed by atoms with Crippen LogP contribution in [-0.2, 0) is 11.3 Å². The highest BCUT2D eigenvalue weighted by atomic mass is 16.5. The van der Waals surface area contributed by atoms with Crippen molar-refractivity contribution < 1.29 is 9.53 Å². The molecule has 0 aliphatic carbocycles. The number of imidazole rings is 1. The molecule has 0 fully saturated rings. The zero-order valence-electron chi connectivity index (χ0n) is 10.8. The van der Waals surface area contributed by atoms with Gasteiger partial charge in [0.25, 0.3) is 5.91 Å². The van der Waals surface area contributed by atoms with Crippen LogP contribution in [-0.4, -0.2) is 28.6 Å². The Labute approximate surface area is 116 Å². The van der Waals surface area contributed by atoms with Crippen LogP contribution in [0.4, 0.5) is 0 Å². The second-order valence-corrected chi connectivity index (χ2v) is 4.08. The summed E-state index contributed by atoms with van der Waals surface area (Å²) in [7, 11) is 0. The van der Waals surface area contributed by atoms with E-state index in [1.807, 2.05) is 16.8 Å². The first-order chi connectivity index (χ1) is 9.78. The summed E-state index contributed by atoms with van der Waals surface area (Å²) in [4.78, 5) is 15.5. The highest BCUT2D eigenvalue weighted by Crippen LogP contribution is 2.10. The number of benzene rings is 1. The quantitative estimate of drug-likeness (QED) is 0.847. The van der Waals surface area contributed by atoms with Crippen LogP contribution < -0.4 is 10.1 Å². The van der Waals surface area contributed by atoms with Gasteiger partial charge in [-0.25, -0.2) is 4.98 Å². The molecule has 0 spiro atoms. The van der Waals surface area contributed by atoms with E-state index >= 15 is 0 Å². The summed E-state index contributed by atoms with van der Waals surface area (Å²) in [6.45, 7) is 1.14. The molecule has 1 aromatic carbocycles. The van der Waals surface area contributed by atoms with Crippen molar-refractivity contribution in [3.05, 3.63) is 48.5 Å². The van der Waals surface area contributed by atoms with E-state index in [0.29, 0.717) is 24.4 Å². The molecule has 1 heterocycles. The molecule has 2 rings (SSSR count). The zero-order valence-corrected chi connectivity index (χ0v) is 10.8. The van der Waals surface area contributed by atoms with Gasteiger partial charge in [-0.05, 0) is 24.3 Å². The van der Waals surface area contributed by atoms with Gasteiger partial charge in [-0.2, -0.15) is 5.26 Å². The van der Waals surface area contributed by atoms with E-state index in [9.17, 15) is 4.79 Å². The van der Waals surface area contributed by atoms with Crippen molar-refractivity contribution >= 4 is 5.91 Å². The van der Waals surface area contributed by atoms with E-state index in [4.69, 9.17) is 10.00 Å². The predicted molar refractivity (Wildman–Crippen MR) is 71.9 cm³/mol. The number of carbonyl (C=O) groups excluding carboxylic acids is 1. The van der Waals surface area contributed by atoms with Gasteiger partial charge in [-0.15, -0.1) is 0 Å². The first-order valence-corrected chi connectivity index (χ1v) is 6.13. The van der Waals surface area contributed by atoms with Crippen LogP contribution in [0, 0.1) is 11.3 Å². The van der Waals surface area contributed by atoms with Gasteiger partial charge in [0.2, 0.25) is 0 Å². The lowest BCUT2D eigenvalue weighted by Crippen LogP contribution is -2.31. The van der Waals surface area contributed by atoms with Crippen LogP contribution in [0.5, 0.6) is 5.75 Å². The highest BCUT2D eigenvalue weighted by Gasteiger charge is 2.02. The van der Waals surface area contributed by atoms with Gasteiger partial charge in [0.1, 0.15) is 5.75 Å². The minimum atomic E-state index is -0.186. The monoisotopic (exact) mass is 270 g/mol. The summed E-state index contributed by atoms with van der Waals surface area (Å²) in [5.74, 6) is 0.378. The molecular weight excluding hydrogens is 256 g/mol. The molecular formula is C14H14N4O2. The third-order valence-electron chi connectivity index (χ3n) is 2.60. The average Bonchev–Trinajstić information content (AvgIpc) is 2.99. The van der Waals surface area contributed by atoms with Crippen LogP contribution in [0.15, 0.2) is 43.0 Å². The number of hydrogen-bond acceptors (Lipinski definition) is 4. The Hall–Kier alpha value is -2.81. The fourth-order valence-corrected chi connectivity index (χ4v) is 1.57. The number of nitriles is 1. The maximum atomic E-state index is 11.6. The van der Waals surface area contributed by atoms with Gasteiger partial charge in [0, 0.05) is 25.5 Å². The number of nitrogens with zero attached hydrogens (tertiary/aromatic N) is 3. The predicted octanol–water partition coefficient (Wildman–Crippen LogP) is 0.950. The van der Waals surface area contributed by atoms with Crippen LogP contribution in [0.2, 0.25) is 0 Å². The molecule has 1 aromatic heterocycles. The van der Waals surface area contributed by atoms with E-state index in [1.165, 1.54) is 0 Å². The first kappa shape index (κ1) is 13.6. The highest BCUT2D eigenvalue weighted by molar-refractivity contribution is 5.77. The third kappa shape index (κ3) is 4.14. The molecule has 0 saturated heterocycles. The maximum absolute atomic E-state index is 11.6. The molecule has 6 nitrogen and oxygen atoms in total. The van der Waals surface area contributed by atoms with Crippen molar-refractivity contribution in [1.29, 1.82) is 5.26 Å². The van der Waals surface area contributed by atoms with E-state index in [1.54, 1.807) is 36.8 Å². The van der Waals surface area contributed by atoms with Crippen molar-refractivity contribution in [3.8, 4) is 11.8 Å². The van der Waals surface area contributed by atoms with E-state index < -0.39 is 0 Å².